The second-order valence-electron chi connectivity index (χ2n) is 2.99. The van der Waals surface area contributed by atoms with Crippen molar-refractivity contribution < 1.29 is 9.47 Å². The molecular weight excluding hydrogens is 235 g/mol. The van der Waals surface area contributed by atoms with Crippen molar-refractivity contribution in [3.05, 3.63) is 28.2 Å². The molecule has 84 valence electrons. The lowest BCUT2D eigenvalue weighted by Gasteiger charge is -2.17. The summed E-state index contributed by atoms with van der Waals surface area (Å²) in [5, 5.41) is 1.09. The van der Waals surface area contributed by atoms with Crippen LogP contribution in [0.3, 0.4) is 0 Å². The zero-order valence-electron chi connectivity index (χ0n) is 8.80. The van der Waals surface area contributed by atoms with E-state index in [1.54, 1.807) is 18.2 Å². The van der Waals surface area contributed by atoms with Gasteiger partial charge in [-0.3, -0.25) is 0 Å². The van der Waals surface area contributed by atoms with Crippen LogP contribution in [0.1, 0.15) is 20.3 Å². The smallest absolute Gasteiger partial charge is 0.199 e. The molecule has 4 heteroatoms. The minimum atomic E-state index is -0.256. The highest BCUT2D eigenvalue weighted by atomic mass is 35.5. The maximum absolute atomic E-state index is 5.97. The summed E-state index contributed by atoms with van der Waals surface area (Å²) in [6.45, 7) is 4.53. The second kappa shape index (κ2) is 6.21. The SMILES string of the molecule is CCOC(CC)Oc1ccc(Cl)cc1Cl. The number of ether oxygens (including phenoxy) is 2. The number of halogens is 2. The van der Waals surface area contributed by atoms with Gasteiger partial charge in [-0.2, -0.15) is 0 Å². The zero-order valence-corrected chi connectivity index (χ0v) is 10.3. The second-order valence-corrected chi connectivity index (χ2v) is 3.83. The third-order valence-electron chi connectivity index (χ3n) is 1.84. The Morgan fingerprint density at radius 3 is 2.53 bits per heavy atom. The minimum Gasteiger partial charge on any atom is -0.463 e. The molecule has 0 amide bonds. The maximum Gasteiger partial charge on any atom is 0.199 e. The van der Waals surface area contributed by atoms with Crippen LogP contribution in [0.25, 0.3) is 0 Å². The van der Waals surface area contributed by atoms with E-state index in [0.29, 0.717) is 22.4 Å². The average Bonchev–Trinajstić information content (AvgIpc) is 2.21. The van der Waals surface area contributed by atoms with Crippen LogP contribution in [0.4, 0.5) is 0 Å². The summed E-state index contributed by atoms with van der Waals surface area (Å²) in [5.41, 5.74) is 0. The number of hydrogen-bond donors (Lipinski definition) is 0. The summed E-state index contributed by atoms with van der Waals surface area (Å²) < 4.78 is 10.9. The van der Waals surface area contributed by atoms with E-state index in [4.69, 9.17) is 32.7 Å². The maximum atomic E-state index is 5.97. The normalized spacial score (nSPS) is 12.5. The largest absolute Gasteiger partial charge is 0.463 e. The predicted molar refractivity (Wildman–Crippen MR) is 62.8 cm³/mol. The molecule has 0 aliphatic rings. The van der Waals surface area contributed by atoms with Crippen LogP contribution in [0.2, 0.25) is 10.0 Å². The van der Waals surface area contributed by atoms with Crippen LogP contribution in [0.15, 0.2) is 18.2 Å². The molecule has 0 aliphatic heterocycles. The van der Waals surface area contributed by atoms with Gasteiger partial charge >= 0.3 is 0 Å². The molecule has 1 rings (SSSR count). The van der Waals surface area contributed by atoms with E-state index in [9.17, 15) is 0 Å². The molecule has 2 nitrogen and oxygen atoms in total. The van der Waals surface area contributed by atoms with Crippen molar-refractivity contribution in [1.82, 2.24) is 0 Å². The van der Waals surface area contributed by atoms with Crippen molar-refractivity contribution in [2.45, 2.75) is 26.6 Å². The van der Waals surface area contributed by atoms with Gasteiger partial charge in [-0.1, -0.05) is 30.1 Å². The lowest BCUT2D eigenvalue weighted by molar-refractivity contribution is -0.0766. The summed E-state index contributed by atoms with van der Waals surface area (Å²) in [5.74, 6) is 0.598. The molecule has 0 spiro atoms. The highest BCUT2D eigenvalue weighted by Crippen LogP contribution is 2.28. The Bertz CT molecular complexity index is 315. The van der Waals surface area contributed by atoms with Crippen LogP contribution in [-0.2, 0) is 4.74 Å². The van der Waals surface area contributed by atoms with E-state index in [-0.39, 0.29) is 6.29 Å². The Kier molecular flexibility index (Phi) is 5.23. The van der Waals surface area contributed by atoms with Crippen molar-refractivity contribution >= 4 is 23.2 Å². The van der Waals surface area contributed by atoms with Gasteiger partial charge in [-0.15, -0.1) is 0 Å². The van der Waals surface area contributed by atoms with Gasteiger partial charge in [-0.25, -0.2) is 0 Å². The first kappa shape index (κ1) is 12.6. The van der Waals surface area contributed by atoms with Crippen molar-refractivity contribution in [2.75, 3.05) is 6.61 Å². The highest BCUT2D eigenvalue weighted by molar-refractivity contribution is 6.35. The van der Waals surface area contributed by atoms with Crippen LogP contribution in [0.5, 0.6) is 5.75 Å². The molecular formula is C11H14Cl2O2. The number of benzene rings is 1. The molecule has 0 saturated heterocycles. The molecule has 15 heavy (non-hydrogen) atoms. The molecule has 1 aromatic carbocycles. The first-order chi connectivity index (χ1) is 7.17. The topological polar surface area (TPSA) is 18.5 Å². The summed E-state index contributed by atoms with van der Waals surface area (Å²) in [6, 6.07) is 5.13. The Morgan fingerprint density at radius 1 is 1.27 bits per heavy atom. The van der Waals surface area contributed by atoms with Gasteiger partial charge in [0, 0.05) is 18.1 Å². The molecule has 1 unspecified atom stereocenters. The van der Waals surface area contributed by atoms with Crippen molar-refractivity contribution in [1.29, 1.82) is 0 Å². The third kappa shape index (κ3) is 3.90. The third-order valence-corrected chi connectivity index (χ3v) is 2.37. The van der Waals surface area contributed by atoms with E-state index >= 15 is 0 Å². The summed E-state index contributed by atoms with van der Waals surface area (Å²) in [7, 11) is 0. The van der Waals surface area contributed by atoms with Crippen LogP contribution in [-0.4, -0.2) is 12.9 Å². The van der Waals surface area contributed by atoms with Gasteiger partial charge in [0.05, 0.1) is 5.02 Å². The van der Waals surface area contributed by atoms with Crippen LogP contribution < -0.4 is 4.74 Å². The first-order valence-corrected chi connectivity index (χ1v) is 5.66. The van der Waals surface area contributed by atoms with Gasteiger partial charge in [-0.05, 0) is 25.1 Å². The van der Waals surface area contributed by atoms with Crippen LogP contribution >= 0.6 is 23.2 Å². The summed E-state index contributed by atoms with van der Waals surface area (Å²) in [6.07, 6.45) is 0.515. The zero-order chi connectivity index (χ0) is 11.3. The van der Waals surface area contributed by atoms with E-state index < -0.39 is 0 Å². The lowest BCUT2D eigenvalue weighted by atomic mass is 10.3. The molecule has 0 bridgehead atoms. The van der Waals surface area contributed by atoms with Gasteiger partial charge in [0.2, 0.25) is 0 Å². The molecule has 0 aromatic heterocycles. The standard InChI is InChI=1S/C11H14Cl2O2/c1-3-11(14-4-2)15-10-6-5-8(12)7-9(10)13/h5-7,11H,3-4H2,1-2H3. The fourth-order valence-electron chi connectivity index (χ4n) is 1.13. The van der Waals surface area contributed by atoms with E-state index in [1.807, 2.05) is 13.8 Å². The van der Waals surface area contributed by atoms with Crippen LogP contribution in [0, 0.1) is 0 Å². The summed E-state index contributed by atoms with van der Waals surface area (Å²) >= 11 is 11.7. The Morgan fingerprint density at radius 2 is 2.00 bits per heavy atom. The molecule has 0 heterocycles. The number of rotatable bonds is 5. The molecule has 0 saturated carbocycles. The Hall–Kier alpha value is -0.440. The molecule has 0 aliphatic carbocycles. The predicted octanol–water partition coefficient (Wildman–Crippen LogP) is 4.14. The number of hydrogen-bond acceptors (Lipinski definition) is 2. The Balaban J connectivity index is 2.70. The average molecular weight is 249 g/mol. The molecule has 0 N–H and O–H groups in total. The molecule has 0 radical (unpaired) electrons. The molecule has 0 fully saturated rings. The van der Waals surface area contributed by atoms with Crippen molar-refractivity contribution in [2.24, 2.45) is 0 Å². The van der Waals surface area contributed by atoms with Gasteiger partial charge < -0.3 is 9.47 Å². The van der Waals surface area contributed by atoms with Crippen molar-refractivity contribution in [3.8, 4) is 5.75 Å². The van der Waals surface area contributed by atoms with Crippen molar-refractivity contribution in [3.63, 3.8) is 0 Å². The van der Waals surface area contributed by atoms with Gasteiger partial charge in [0.15, 0.2) is 6.29 Å². The highest BCUT2D eigenvalue weighted by Gasteiger charge is 2.10. The monoisotopic (exact) mass is 248 g/mol. The lowest BCUT2D eigenvalue weighted by Crippen LogP contribution is -2.19. The Labute approximate surface area is 100 Å². The molecule has 1 aromatic rings. The fourth-order valence-corrected chi connectivity index (χ4v) is 1.59. The molecule has 1 atom stereocenters. The van der Waals surface area contributed by atoms with Gasteiger partial charge in [0.1, 0.15) is 5.75 Å². The van der Waals surface area contributed by atoms with E-state index in [0.717, 1.165) is 6.42 Å². The first-order valence-electron chi connectivity index (χ1n) is 4.90. The quantitative estimate of drug-likeness (QED) is 0.730. The van der Waals surface area contributed by atoms with E-state index in [2.05, 4.69) is 0 Å². The summed E-state index contributed by atoms with van der Waals surface area (Å²) in [4.78, 5) is 0. The van der Waals surface area contributed by atoms with E-state index in [1.165, 1.54) is 0 Å². The minimum absolute atomic E-state index is 0.256. The fraction of sp³-hybridized carbons (Fsp3) is 0.455. The van der Waals surface area contributed by atoms with Gasteiger partial charge in [0.25, 0.3) is 0 Å².